The number of nitrogens with one attached hydrogen (secondary N) is 2. The van der Waals surface area contributed by atoms with E-state index in [4.69, 9.17) is 4.74 Å². The molecule has 3 rings (SSSR count). The maximum absolute atomic E-state index is 12.6. The van der Waals surface area contributed by atoms with Crippen LogP contribution in [0.4, 0.5) is 5.69 Å². The van der Waals surface area contributed by atoms with Crippen molar-refractivity contribution in [2.24, 2.45) is 0 Å². The Morgan fingerprint density at radius 1 is 1.19 bits per heavy atom. The molecule has 3 aromatic rings. The van der Waals surface area contributed by atoms with Gasteiger partial charge in [0.2, 0.25) is 0 Å². The van der Waals surface area contributed by atoms with Gasteiger partial charge in [-0.3, -0.25) is 4.79 Å². The van der Waals surface area contributed by atoms with Crippen LogP contribution in [-0.2, 0) is 11.3 Å². The zero-order chi connectivity index (χ0) is 19.4. The molecule has 0 aliphatic rings. The van der Waals surface area contributed by atoms with Crippen molar-refractivity contribution >= 4 is 34.3 Å². The van der Waals surface area contributed by atoms with Gasteiger partial charge in [0.25, 0.3) is 5.56 Å². The first-order valence-corrected chi connectivity index (χ1v) is 9.97. The van der Waals surface area contributed by atoms with Crippen LogP contribution in [0.3, 0.4) is 0 Å². The second-order valence-corrected chi connectivity index (χ2v) is 7.00. The zero-order valence-electron chi connectivity index (χ0n) is 15.6. The lowest BCUT2D eigenvalue weighted by Crippen LogP contribution is -2.23. The van der Waals surface area contributed by atoms with Crippen molar-refractivity contribution in [1.29, 1.82) is 0 Å². The van der Waals surface area contributed by atoms with E-state index in [9.17, 15) is 9.59 Å². The molecule has 27 heavy (non-hydrogen) atoms. The minimum atomic E-state index is -0.623. The molecule has 140 valence electrons. The smallest absolute Gasteiger partial charge is 0.345 e. The summed E-state index contributed by atoms with van der Waals surface area (Å²) < 4.78 is 5.11. The molecule has 0 radical (unpaired) electrons. The summed E-state index contributed by atoms with van der Waals surface area (Å²) in [7, 11) is 0. The third-order valence-electron chi connectivity index (χ3n) is 4.37. The lowest BCUT2D eigenvalue weighted by molar-refractivity contribution is 0.0525. The predicted octanol–water partition coefficient (Wildman–Crippen LogP) is 4.35. The molecule has 0 aliphatic heterocycles. The molecule has 0 saturated heterocycles. The van der Waals surface area contributed by atoms with E-state index in [1.165, 1.54) is 4.90 Å². The van der Waals surface area contributed by atoms with Gasteiger partial charge in [0.05, 0.1) is 17.8 Å². The molecule has 2 aromatic carbocycles. The number of para-hydroxylation sites is 1. The van der Waals surface area contributed by atoms with Crippen molar-refractivity contribution in [1.82, 2.24) is 4.98 Å². The summed E-state index contributed by atoms with van der Waals surface area (Å²) in [6.07, 6.45) is 2.03. The fraction of sp³-hybridized carbons (Fsp3) is 0.238. The Kier molecular flexibility index (Phi) is 5.86. The van der Waals surface area contributed by atoms with Crippen molar-refractivity contribution in [2.75, 3.05) is 18.2 Å². The normalized spacial score (nSPS) is 10.8. The molecule has 0 unspecified atom stereocenters. The number of H-pyrrole nitrogens is 1. The number of hydrogen-bond donors (Lipinski definition) is 2. The van der Waals surface area contributed by atoms with Gasteiger partial charge in [-0.15, -0.1) is 11.8 Å². The van der Waals surface area contributed by atoms with Gasteiger partial charge < -0.3 is 15.0 Å². The monoisotopic (exact) mass is 382 g/mol. The largest absolute Gasteiger partial charge is 0.462 e. The standard InChI is InChI=1S/C21H22N2O3S/c1-4-26-21(25)17-19(22-12-14-8-10-15(27-3)11-9-14)16-7-5-6-13(2)18(16)23-20(17)24/h5-11H,4,12H2,1-3H3,(H2,22,23,24). The quantitative estimate of drug-likeness (QED) is 0.490. The second kappa shape index (κ2) is 8.31. The van der Waals surface area contributed by atoms with Crippen LogP contribution in [0.1, 0.15) is 28.4 Å². The maximum Gasteiger partial charge on any atom is 0.345 e. The topological polar surface area (TPSA) is 71.2 Å². The first-order chi connectivity index (χ1) is 13.0. The number of hydrogen-bond acceptors (Lipinski definition) is 5. The number of aryl methyl sites for hydroxylation is 1. The van der Waals surface area contributed by atoms with E-state index in [1.807, 2.05) is 55.6 Å². The highest BCUT2D eigenvalue weighted by Gasteiger charge is 2.21. The molecule has 0 bridgehead atoms. The SMILES string of the molecule is CCOC(=O)c1c(NCc2ccc(SC)cc2)c2cccc(C)c2[nH]c1=O. The highest BCUT2D eigenvalue weighted by atomic mass is 32.2. The van der Waals surface area contributed by atoms with E-state index < -0.39 is 11.5 Å². The molecule has 6 heteroatoms. The number of thioether (sulfide) groups is 1. The third kappa shape index (κ3) is 4.01. The van der Waals surface area contributed by atoms with Crippen LogP contribution in [0, 0.1) is 6.92 Å². The molecule has 0 atom stereocenters. The van der Waals surface area contributed by atoms with Gasteiger partial charge in [-0.05, 0) is 43.4 Å². The van der Waals surface area contributed by atoms with Crippen molar-refractivity contribution < 1.29 is 9.53 Å². The number of aromatic amines is 1. The summed E-state index contributed by atoms with van der Waals surface area (Å²) in [6.45, 7) is 4.35. The molecule has 0 fully saturated rings. The van der Waals surface area contributed by atoms with E-state index >= 15 is 0 Å². The highest BCUT2D eigenvalue weighted by Crippen LogP contribution is 2.27. The summed E-state index contributed by atoms with van der Waals surface area (Å²) in [4.78, 5) is 29.0. The summed E-state index contributed by atoms with van der Waals surface area (Å²) in [5.74, 6) is -0.623. The molecule has 5 nitrogen and oxygen atoms in total. The summed E-state index contributed by atoms with van der Waals surface area (Å²) in [5.41, 5.74) is 2.78. The first kappa shape index (κ1) is 19.0. The van der Waals surface area contributed by atoms with Gasteiger partial charge in [-0.25, -0.2) is 4.79 Å². The molecule has 0 aliphatic carbocycles. The van der Waals surface area contributed by atoms with Gasteiger partial charge in [0, 0.05) is 16.8 Å². The Bertz CT molecular complexity index is 1030. The van der Waals surface area contributed by atoms with Gasteiger partial charge >= 0.3 is 5.97 Å². The Hall–Kier alpha value is -2.73. The Labute approximate surface area is 162 Å². The molecule has 0 amide bonds. The summed E-state index contributed by atoms with van der Waals surface area (Å²) in [5, 5.41) is 4.08. The fourth-order valence-electron chi connectivity index (χ4n) is 2.98. The zero-order valence-corrected chi connectivity index (χ0v) is 16.4. The van der Waals surface area contributed by atoms with Crippen molar-refractivity contribution in [3.8, 4) is 0 Å². The third-order valence-corrected chi connectivity index (χ3v) is 5.11. The molecular formula is C21H22N2O3S. The number of ether oxygens (including phenoxy) is 1. The van der Waals surface area contributed by atoms with Gasteiger partial charge in [-0.2, -0.15) is 0 Å². The number of aromatic nitrogens is 1. The van der Waals surface area contributed by atoms with Crippen molar-refractivity contribution in [3.05, 3.63) is 69.5 Å². The number of anilines is 1. The minimum absolute atomic E-state index is 0.00989. The maximum atomic E-state index is 12.6. The fourth-order valence-corrected chi connectivity index (χ4v) is 3.39. The van der Waals surface area contributed by atoms with Crippen LogP contribution >= 0.6 is 11.8 Å². The number of fused-ring (bicyclic) bond motifs is 1. The average Bonchev–Trinajstić information content (AvgIpc) is 2.67. The van der Waals surface area contributed by atoms with Crippen LogP contribution in [-0.4, -0.2) is 23.8 Å². The molecular weight excluding hydrogens is 360 g/mol. The Morgan fingerprint density at radius 3 is 2.59 bits per heavy atom. The van der Waals surface area contributed by atoms with E-state index in [2.05, 4.69) is 10.3 Å². The molecule has 2 N–H and O–H groups in total. The molecule has 1 aromatic heterocycles. The number of benzene rings is 2. The lowest BCUT2D eigenvalue weighted by atomic mass is 10.1. The van der Waals surface area contributed by atoms with Crippen molar-refractivity contribution in [2.45, 2.75) is 25.3 Å². The van der Waals surface area contributed by atoms with E-state index in [0.717, 1.165) is 22.0 Å². The van der Waals surface area contributed by atoms with E-state index in [0.29, 0.717) is 12.2 Å². The van der Waals surface area contributed by atoms with Crippen LogP contribution in [0.2, 0.25) is 0 Å². The van der Waals surface area contributed by atoms with Crippen LogP contribution in [0.15, 0.2) is 52.2 Å². The summed E-state index contributed by atoms with van der Waals surface area (Å²) in [6, 6.07) is 13.9. The van der Waals surface area contributed by atoms with Gasteiger partial charge in [-0.1, -0.05) is 30.3 Å². The van der Waals surface area contributed by atoms with E-state index in [-0.39, 0.29) is 12.2 Å². The number of rotatable bonds is 6. The lowest BCUT2D eigenvalue weighted by Gasteiger charge is -2.15. The number of carbonyl (C=O) groups is 1. The Balaban J connectivity index is 2.06. The average molecular weight is 382 g/mol. The van der Waals surface area contributed by atoms with E-state index in [1.54, 1.807) is 18.7 Å². The number of carbonyl (C=O) groups excluding carboxylic acids is 1. The molecule has 0 spiro atoms. The van der Waals surface area contributed by atoms with Crippen LogP contribution in [0.5, 0.6) is 0 Å². The summed E-state index contributed by atoms with van der Waals surface area (Å²) >= 11 is 1.68. The molecule has 0 saturated carbocycles. The van der Waals surface area contributed by atoms with Crippen LogP contribution in [0.25, 0.3) is 10.9 Å². The predicted molar refractivity (Wildman–Crippen MR) is 111 cm³/mol. The number of esters is 1. The van der Waals surface area contributed by atoms with Crippen molar-refractivity contribution in [3.63, 3.8) is 0 Å². The van der Waals surface area contributed by atoms with Crippen LogP contribution < -0.4 is 10.9 Å². The second-order valence-electron chi connectivity index (χ2n) is 6.12. The molecule has 1 heterocycles. The Morgan fingerprint density at radius 2 is 1.93 bits per heavy atom. The number of pyridine rings is 1. The highest BCUT2D eigenvalue weighted by molar-refractivity contribution is 7.98. The van der Waals surface area contributed by atoms with Gasteiger partial charge in [0.15, 0.2) is 0 Å². The van der Waals surface area contributed by atoms with Gasteiger partial charge in [0.1, 0.15) is 5.56 Å². The first-order valence-electron chi connectivity index (χ1n) is 8.74. The minimum Gasteiger partial charge on any atom is -0.462 e.